The number of aliphatic hydroxyl groups excluding tert-OH is 1. The van der Waals surface area contributed by atoms with Gasteiger partial charge in [0.15, 0.2) is 0 Å². The third-order valence-electron chi connectivity index (χ3n) is 4.70. The zero-order chi connectivity index (χ0) is 16.0. The lowest BCUT2D eigenvalue weighted by atomic mass is 10.1. The molecule has 0 unspecified atom stereocenters. The number of rotatable bonds is 3. The van der Waals surface area contributed by atoms with Crippen LogP contribution in [-0.4, -0.2) is 42.5 Å². The van der Waals surface area contributed by atoms with Crippen LogP contribution in [0.5, 0.6) is 0 Å². The van der Waals surface area contributed by atoms with Crippen molar-refractivity contribution in [3.8, 4) is 0 Å². The van der Waals surface area contributed by atoms with Crippen LogP contribution < -0.4 is 4.90 Å². The second-order valence-corrected chi connectivity index (χ2v) is 6.12. The molecule has 1 saturated heterocycles. The molecule has 23 heavy (non-hydrogen) atoms. The summed E-state index contributed by atoms with van der Waals surface area (Å²) in [5, 5.41) is 15.3. The van der Waals surface area contributed by atoms with Gasteiger partial charge in [-0.3, -0.25) is 4.68 Å². The van der Waals surface area contributed by atoms with Gasteiger partial charge in [-0.2, -0.15) is 5.10 Å². The molecule has 0 spiro atoms. The highest BCUT2D eigenvalue weighted by Crippen LogP contribution is 2.41. The molecule has 2 N–H and O–H groups in total. The van der Waals surface area contributed by atoms with Gasteiger partial charge in [0.25, 0.3) is 0 Å². The number of aromatic amines is 1. The largest absolute Gasteiger partial charge is 0.394 e. The van der Waals surface area contributed by atoms with Crippen LogP contribution >= 0.6 is 0 Å². The first-order chi connectivity index (χ1) is 11.2. The Morgan fingerprint density at radius 2 is 2.22 bits per heavy atom. The van der Waals surface area contributed by atoms with Crippen molar-refractivity contribution >= 4 is 16.9 Å². The Balaban J connectivity index is 1.84. The van der Waals surface area contributed by atoms with Crippen LogP contribution in [0.15, 0.2) is 24.8 Å². The molecule has 7 nitrogen and oxygen atoms in total. The standard InChI is InChI=1S/C16H20N6O/c1-10-13(7-21(2)20-10)14-4-3-11(8-23)22(14)16-12-5-6-17-15(12)18-9-19-16/h5-7,9,11,14,23H,3-4,8H2,1-2H3,(H,17,18,19)/t11-,14+/m0/s1. The second kappa shape index (κ2) is 5.34. The molecule has 0 aliphatic carbocycles. The van der Waals surface area contributed by atoms with E-state index in [1.807, 2.05) is 30.9 Å². The number of aromatic nitrogens is 5. The van der Waals surface area contributed by atoms with Gasteiger partial charge in [0.05, 0.1) is 29.8 Å². The summed E-state index contributed by atoms with van der Waals surface area (Å²) in [6.07, 6.45) is 7.44. The van der Waals surface area contributed by atoms with E-state index in [9.17, 15) is 5.11 Å². The molecule has 1 fully saturated rings. The predicted molar refractivity (Wildman–Crippen MR) is 87.2 cm³/mol. The fourth-order valence-electron chi connectivity index (χ4n) is 3.70. The molecule has 3 aromatic rings. The Morgan fingerprint density at radius 3 is 2.96 bits per heavy atom. The summed E-state index contributed by atoms with van der Waals surface area (Å²) >= 11 is 0. The van der Waals surface area contributed by atoms with Gasteiger partial charge in [0.1, 0.15) is 17.8 Å². The minimum absolute atomic E-state index is 0.0626. The van der Waals surface area contributed by atoms with Crippen LogP contribution in [0.1, 0.15) is 30.1 Å². The van der Waals surface area contributed by atoms with Gasteiger partial charge in [0, 0.05) is 25.0 Å². The van der Waals surface area contributed by atoms with E-state index in [2.05, 4.69) is 31.1 Å². The SMILES string of the molecule is Cc1nn(C)cc1[C@H]1CC[C@@H](CO)N1c1ncnc2[nH]ccc12. The summed E-state index contributed by atoms with van der Waals surface area (Å²) < 4.78 is 1.85. The summed E-state index contributed by atoms with van der Waals surface area (Å²) in [6, 6.07) is 2.23. The van der Waals surface area contributed by atoms with E-state index in [1.165, 1.54) is 5.56 Å². The molecule has 2 atom stereocenters. The highest BCUT2D eigenvalue weighted by atomic mass is 16.3. The molecule has 120 valence electrons. The van der Waals surface area contributed by atoms with Gasteiger partial charge in [-0.25, -0.2) is 9.97 Å². The van der Waals surface area contributed by atoms with E-state index in [4.69, 9.17) is 0 Å². The first-order valence-corrected chi connectivity index (χ1v) is 7.86. The number of aliphatic hydroxyl groups is 1. The lowest BCUT2D eigenvalue weighted by Gasteiger charge is -2.31. The van der Waals surface area contributed by atoms with Crippen LogP contribution in [0, 0.1) is 6.92 Å². The Morgan fingerprint density at radius 1 is 1.35 bits per heavy atom. The summed E-state index contributed by atoms with van der Waals surface area (Å²) in [6.45, 7) is 2.15. The zero-order valence-corrected chi connectivity index (χ0v) is 13.3. The summed E-state index contributed by atoms with van der Waals surface area (Å²) in [5.41, 5.74) is 3.05. The third kappa shape index (κ3) is 2.19. The van der Waals surface area contributed by atoms with Crippen molar-refractivity contribution in [1.82, 2.24) is 24.7 Å². The molecule has 1 aliphatic heterocycles. The second-order valence-electron chi connectivity index (χ2n) is 6.12. The van der Waals surface area contributed by atoms with Crippen LogP contribution in [0.3, 0.4) is 0 Å². The monoisotopic (exact) mass is 312 g/mol. The molecule has 0 bridgehead atoms. The maximum atomic E-state index is 9.85. The number of hydrogen-bond donors (Lipinski definition) is 2. The summed E-state index contributed by atoms with van der Waals surface area (Å²) in [4.78, 5) is 14.2. The zero-order valence-electron chi connectivity index (χ0n) is 13.3. The Bertz CT molecular complexity index is 838. The minimum Gasteiger partial charge on any atom is -0.394 e. The van der Waals surface area contributed by atoms with Gasteiger partial charge in [0.2, 0.25) is 0 Å². The van der Waals surface area contributed by atoms with E-state index in [1.54, 1.807) is 6.33 Å². The van der Waals surface area contributed by atoms with Gasteiger partial charge in [-0.15, -0.1) is 0 Å². The number of hydrogen-bond acceptors (Lipinski definition) is 5. The average molecular weight is 312 g/mol. The van der Waals surface area contributed by atoms with Crippen molar-refractivity contribution < 1.29 is 5.11 Å². The fourth-order valence-corrected chi connectivity index (χ4v) is 3.70. The average Bonchev–Trinajstić information content (AvgIpc) is 3.24. The molecule has 4 rings (SSSR count). The van der Waals surface area contributed by atoms with Crippen molar-refractivity contribution in [3.05, 3.63) is 36.0 Å². The normalized spacial score (nSPS) is 21.4. The van der Waals surface area contributed by atoms with Gasteiger partial charge >= 0.3 is 0 Å². The summed E-state index contributed by atoms with van der Waals surface area (Å²) in [7, 11) is 1.94. The van der Waals surface area contributed by atoms with Gasteiger partial charge in [-0.05, 0) is 25.8 Å². The molecular weight excluding hydrogens is 292 g/mol. The first kappa shape index (κ1) is 14.2. The van der Waals surface area contributed by atoms with Crippen molar-refractivity contribution in [3.63, 3.8) is 0 Å². The molecule has 7 heteroatoms. The molecule has 3 aromatic heterocycles. The molecule has 0 aromatic carbocycles. The number of anilines is 1. The predicted octanol–water partition coefficient (Wildman–Crippen LogP) is 1.70. The van der Waals surface area contributed by atoms with Crippen molar-refractivity contribution in [1.29, 1.82) is 0 Å². The molecule has 0 saturated carbocycles. The Labute approximate surface area is 134 Å². The third-order valence-corrected chi connectivity index (χ3v) is 4.70. The molecule has 0 amide bonds. The molecule has 4 heterocycles. The lowest BCUT2D eigenvalue weighted by Crippen LogP contribution is -2.35. The van der Waals surface area contributed by atoms with E-state index >= 15 is 0 Å². The maximum absolute atomic E-state index is 9.85. The molecule has 1 aliphatic rings. The number of nitrogens with zero attached hydrogens (tertiary/aromatic N) is 5. The van der Waals surface area contributed by atoms with Crippen LogP contribution in [0.4, 0.5) is 5.82 Å². The highest BCUT2D eigenvalue weighted by Gasteiger charge is 2.37. The Hall–Kier alpha value is -2.41. The highest BCUT2D eigenvalue weighted by molar-refractivity contribution is 5.87. The van der Waals surface area contributed by atoms with Gasteiger partial charge in [-0.1, -0.05) is 0 Å². The van der Waals surface area contributed by atoms with Crippen molar-refractivity contribution in [2.45, 2.75) is 31.8 Å². The Kier molecular flexibility index (Phi) is 3.30. The van der Waals surface area contributed by atoms with Crippen LogP contribution in [-0.2, 0) is 7.05 Å². The quantitative estimate of drug-likeness (QED) is 0.769. The van der Waals surface area contributed by atoms with Crippen molar-refractivity contribution in [2.24, 2.45) is 7.05 Å². The molecular formula is C16H20N6O. The first-order valence-electron chi connectivity index (χ1n) is 7.86. The van der Waals surface area contributed by atoms with Crippen molar-refractivity contribution in [2.75, 3.05) is 11.5 Å². The number of fused-ring (bicyclic) bond motifs is 1. The summed E-state index contributed by atoms with van der Waals surface area (Å²) in [5.74, 6) is 0.876. The molecule has 0 radical (unpaired) electrons. The lowest BCUT2D eigenvalue weighted by molar-refractivity contribution is 0.264. The van der Waals surface area contributed by atoms with E-state index in [0.29, 0.717) is 0 Å². The smallest absolute Gasteiger partial charge is 0.142 e. The number of H-pyrrole nitrogens is 1. The van der Waals surface area contributed by atoms with E-state index in [0.717, 1.165) is 35.4 Å². The fraction of sp³-hybridized carbons (Fsp3) is 0.438. The van der Waals surface area contributed by atoms with Crippen LogP contribution in [0.2, 0.25) is 0 Å². The maximum Gasteiger partial charge on any atom is 0.142 e. The number of nitrogens with one attached hydrogen (secondary N) is 1. The minimum atomic E-state index is 0.0626. The van der Waals surface area contributed by atoms with Crippen LogP contribution in [0.25, 0.3) is 11.0 Å². The van der Waals surface area contributed by atoms with E-state index < -0.39 is 0 Å². The topological polar surface area (TPSA) is 82.9 Å². The number of aryl methyl sites for hydroxylation is 2. The van der Waals surface area contributed by atoms with Gasteiger partial charge < -0.3 is 15.0 Å². The van der Waals surface area contributed by atoms with E-state index in [-0.39, 0.29) is 18.7 Å².